The standard InChI is InChI=1S/C23H22N4O5/c1-30-18-10-14-9-17-21(16(14)11-19(18)31-2)26-27-22(17)25-15-5-3-4-13(8-15)12-32-20(28)6-7-24-23(27)29/h3-5,8,10-11,25H,6-7,9,12H2,1-2H3,(H,24,29). The average Bonchev–Trinajstić information content (AvgIpc) is 3.32. The number of amides is 1. The van der Waals surface area contributed by atoms with Crippen LogP contribution in [0.5, 0.6) is 11.5 Å². The Morgan fingerprint density at radius 3 is 2.72 bits per heavy atom. The van der Waals surface area contributed by atoms with Crippen LogP contribution in [0.15, 0.2) is 36.4 Å². The van der Waals surface area contributed by atoms with Crippen molar-refractivity contribution in [2.45, 2.75) is 19.4 Å². The maximum atomic E-state index is 12.9. The molecule has 0 saturated heterocycles. The molecule has 2 bridgehead atoms. The molecule has 1 amide bonds. The summed E-state index contributed by atoms with van der Waals surface area (Å²) < 4.78 is 17.5. The van der Waals surface area contributed by atoms with Crippen LogP contribution < -0.4 is 20.1 Å². The van der Waals surface area contributed by atoms with E-state index in [2.05, 4.69) is 15.7 Å². The highest BCUT2D eigenvalue weighted by Gasteiger charge is 2.31. The molecule has 9 nitrogen and oxygen atoms in total. The van der Waals surface area contributed by atoms with Crippen LogP contribution in [0, 0.1) is 0 Å². The van der Waals surface area contributed by atoms with Crippen molar-refractivity contribution < 1.29 is 23.8 Å². The molecule has 2 aliphatic rings. The number of benzene rings is 2. The zero-order valence-corrected chi connectivity index (χ0v) is 17.7. The summed E-state index contributed by atoms with van der Waals surface area (Å²) >= 11 is 0. The van der Waals surface area contributed by atoms with Crippen molar-refractivity contribution in [2.75, 3.05) is 26.1 Å². The van der Waals surface area contributed by atoms with Crippen LogP contribution in [-0.2, 0) is 22.6 Å². The molecule has 32 heavy (non-hydrogen) atoms. The number of nitrogens with zero attached hydrogens (tertiary/aromatic N) is 2. The third kappa shape index (κ3) is 3.41. The maximum Gasteiger partial charge on any atom is 0.344 e. The molecule has 9 heteroatoms. The van der Waals surface area contributed by atoms with Crippen LogP contribution in [0.3, 0.4) is 0 Å². The van der Waals surface area contributed by atoms with Crippen LogP contribution in [0.2, 0.25) is 0 Å². The molecule has 2 N–H and O–H groups in total. The molecular weight excluding hydrogens is 412 g/mol. The molecule has 1 aliphatic carbocycles. The first-order chi connectivity index (χ1) is 15.6. The number of hydrogen-bond donors (Lipinski definition) is 2. The lowest BCUT2D eigenvalue weighted by molar-refractivity contribution is -0.144. The highest BCUT2D eigenvalue weighted by Crippen LogP contribution is 2.45. The van der Waals surface area contributed by atoms with Gasteiger partial charge in [-0.3, -0.25) is 4.79 Å². The Labute approximate surface area is 184 Å². The maximum absolute atomic E-state index is 12.9. The van der Waals surface area contributed by atoms with E-state index in [0.717, 1.165) is 27.9 Å². The van der Waals surface area contributed by atoms with Crippen LogP contribution in [-0.4, -0.2) is 42.5 Å². The van der Waals surface area contributed by atoms with Gasteiger partial charge in [0.1, 0.15) is 12.4 Å². The number of rotatable bonds is 2. The molecule has 1 aromatic heterocycles. The highest BCUT2D eigenvalue weighted by molar-refractivity contribution is 5.88. The predicted molar refractivity (Wildman–Crippen MR) is 117 cm³/mol. The minimum atomic E-state index is -0.424. The van der Waals surface area contributed by atoms with Gasteiger partial charge >= 0.3 is 12.0 Å². The fourth-order valence-electron chi connectivity index (χ4n) is 4.05. The molecule has 2 heterocycles. The van der Waals surface area contributed by atoms with Crippen molar-refractivity contribution in [3.05, 3.63) is 53.1 Å². The van der Waals surface area contributed by atoms with Crippen molar-refractivity contribution >= 4 is 23.5 Å². The number of methoxy groups -OCH3 is 2. The minimum absolute atomic E-state index is 0.0784. The number of carbonyl (C=O) groups is 2. The Bertz CT molecular complexity index is 1230. The predicted octanol–water partition coefficient (Wildman–Crippen LogP) is 3.22. The monoisotopic (exact) mass is 434 g/mol. The molecule has 1 aliphatic heterocycles. The molecule has 0 saturated carbocycles. The van der Waals surface area contributed by atoms with Crippen LogP contribution in [0.4, 0.5) is 16.3 Å². The van der Waals surface area contributed by atoms with Crippen molar-refractivity contribution in [3.63, 3.8) is 0 Å². The number of carbonyl (C=O) groups excluding carboxylic acids is 2. The summed E-state index contributed by atoms with van der Waals surface area (Å²) in [6.07, 6.45) is 0.664. The Morgan fingerprint density at radius 2 is 1.91 bits per heavy atom. The topological polar surface area (TPSA) is 104 Å². The Morgan fingerprint density at radius 1 is 1.09 bits per heavy atom. The van der Waals surface area contributed by atoms with Gasteiger partial charge in [-0.15, -0.1) is 0 Å². The second-order valence-electron chi connectivity index (χ2n) is 7.60. The molecule has 164 valence electrons. The van der Waals surface area contributed by atoms with Gasteiger partial charge in [0.05, 0.1) is 26.3 Å². The van der Waals surface area contributed by atoms with E-state index < -0.39 is 6.03 Å². The Kier molecular flexibility index (Phi) is 4.93. The number of esters is 1. The lowest BCUT2D eigenvalue weighted by Crippen LogP contribution is -2.32. The van der Waals surface area contributed by atoms with Crippen molar-refractivity contribution in [1.29, 1.82) is 0 Å². The third-order valence-electron chi connectivity index (χ3n) is 5.60. The third-order valence-corrected chi connectivity index (χ3v) is 5.60. The molecular formula is C23H22N4O5. The average molecular weight is 434 g/mol. The lowest BCUT2D eigenvalue weighted by atomic mass is 10.1. The Balaban J connectivity index is 1.61. The lowest BCUT2D eigenvalue weighted by Gasteiger charge is -2.13. The van der Waals surface area contributed by atoms with Crippen LogP contribution >= 0.6 is 0 Å². The summed E-state index contributed by atoms with van der Waals surface area (Å²) in [5, 5.41) is 10.7. The summed E-state index contributed by atoms with van der Waals surface area (Å²) in [6, 6.07) is 10.9. The number of cyclic esters (lactones) is 1. The smallest absolute Gasteiger partial charge is 0.344 e. The van der Waals surface area contributed by atoms with Gasteiger partial charge in [-0.2, -0.15) is 9.78 Å². The van der Waals surface area contributed by atoms with Gasteiger partial charge in [-0.1, -0.05) is 12.1 Å². The molecule has 0 spiro atoms. The first kappa shape index (κ1) is 19.9. The van der Waals surface area contributed by atoms with Crippen LogP contribution in [0.25, 0.3) is 11.3 Å². The molecule has 0 radical (unpaired) electrons. The summed E-state index contributed by atoms with van der Waals surface area (Å²) in [6.45, 7) is 0.325. The second-order valence-corrected chi connectivity index (χ2v) is 7.60. The van der Waals surface area contributed by atoms with Gasteiger partial charge in [0.25, 0.3) is 0 Å². The number of anilines is 2. The van der Waals surface area contributed by atoms with E-state index in [1.807, 2.05) is 36.4 Å². The second kappa shape index (κ2) is 7.92. The Hall–Kier alpha value is -4.01. The van der Waals surface area contributed by atoms with E-state index in [1.54, 1.807) is 14.2 Å². The van der Waals surface area contributed by atoms with Gasteiger partial charge in [-0.05, 0) is 35.4 Å². The first-order valence-electron chi connectivity index (χ1n) is 10.2. The van der Waals surface area contributed by atoms with Gasteiger partial charge < -0.3 is 24.8 Å². The number of nitrogens with one attached hydrogen (secondary N) is 2. The van der Waals surface area contributed by atoms with Gasteiger partial charge in [0, 0.05) is 29.8 Å². The summed E-state index contributed by atoms with van der Waals surface area (Å²) in [5.74, 6) is 1.45. The zero-order valence-electron chi connectivity index (χ0n) is 17.7. The summed E-state index contributed by atoms with van der Waals surface area (Å²) in [5.41, 5.74) is 5.16. The molecule has 3 aromatic rings. The summed E-state index contributed by atoms with van der Waals surface area (Å²) in [4.78, 5) is 24.9. The van der Waals surface area contributed by atoms with Crippen molar-refractivity contribution in [3.8, 4) is 22.8 Å². The van der Waals surface area contributed by atoms with E-state index in [0.29, 0.717) is 29.4 Å². The number of aromatic nitrogens is 2. The largest absolute Gasteiger partial charge is 0.493 e. The zero-order chi connectivity index (χ0) is 22.2. The SMILES string of the molecule is COc1cc2c(cc1OC)-c1nn3c(c1C2)Nc1cccc(c1)COC(=O)CCNC3=O. The quantitative estimate of drug-likeness (QED) is 0.467. The molecule has 2 aromatic carbocycles. The molecule has 0 atom stereocenters. The van der Waals surface area contributed by atoms with Gasteiger partial charge in [-0.25, -0.2) is 4.79 Å². The van der Waals surface area contributed by atoms with Gasteiger partial charge in [0.15, 0.2) is 11.5 Å². The minimum Gasteiger partial charge on any atom is -0.493 e. The van der Waals surface area contributed by atoms with E-state index in [-0.39, 0.29) is 25.5 Å². The van der Waals surface area contributed by atoms with Gasteiger partial charge in [0.2, 0.25) is 0 Å². The van der Waals surface area contributed by atoms with E-state index in [1.165, 1.54) is 4.68 Å². The normalized spacial score (nSPS) is 14.9. The number of ether oxygens (including phenoxy) is 3. The summed E-state index contributed by atoms with van der Waals surface area (Å²) in [7, 11) is 3.19. The van der Waals surface area contributed by atoms with Crippen molar-refractivity contribution in [2.24, 2.45) is 0 Å². The van der Waals surface area contributed by atoms with Crippen LogP contribution in [0.1, 0.15) is 23.1 Å². The fourth-order valence-corrected chi connectivity index (χ4v) is 4.05. The van der Waals surface area contributed by atoms with Crippen molar-refractivity contribution in [1.82, 2.24) is 15.1 Å². The number of fused-ring (bicyclic) bond motifs is 7. The molecule has 5 rings (SSSR count). The first-order valence-corrected chi connectivity index (χ1v) is 10.2. The molecule has 0 unspecified atom stereocenters. The van der Waals surface area contributed by atoms with E-state index in [4.69, 9.17) is 14.2 Å². The highest BCUT2D eigenvalue weighted by atomic mass is 16.5. The molecule has 0 fully saturated rings. The fraction of sp³-hybridized carbons (Fsp3) is 0.261. The van der Waals surface area contributed by atoms with E-state index >= 15 is 0 Å². The van der Waals surface area contributed by atoms with E-state index in [9.17, 15) is 9.59 Å². The number of hydrogen-bond acceptors (Lipinski definition) is 7.